The van der Waals surface area contributed by atoms with Crippen LogP contribution >= 0.6 is 27.7 Å². The van der Waals surface area contributed by atoms with Gasteiger partial charge in [0.05, 0.1) is 5.04 Å². The number of ketones is 1. The van der Waals surface area contributed by atoms with Gasteiger partial charge in [0.15, 0.2) is 5.78 Å². The summed E-state index contributed by atoms with van der Waals surface area (Å²) in [4.78, 5) is 12.3. The highest BCUT2D eigenvalue weighted by molar-refractivity contribution is 9.10. The van der Waals surface area contributed by atoms with Crippen molar-refractivity contribution in [2.24, 2.45) is 5.10 Å². The number of carbonyl (C=O) groups is 1. The SMILES string of the molecule is CCCCN1N=C(C)SC1=CC(=O)c1ccc(Br)cc1. The van der Waals surface area contributed by atoms with Gasteiger partial charge in [-0.3, -0.25) is 9.80 Å². The van der Waals surface area contributed by atoms with Crippen LogP contribution in [0.15, 0.2) is 44.9 Å². The normalized spacial score (nSPS) is 16.6. The highest BCUT2D eigenvalue weighted by atomic mass is 79.9. The molecule has 0 atom stereocenters. The number of allylic oxidation sites excluding steroid dienone is 1. The van der Waals surface area contributed by atoms with E-state index in [4.69, 9.17) is 0 Å². The van der Waals surface area contributed by atoms with E-state index in [9.17, 15) is 4.79 Å². The molecular weight excluding hydrogens is 336 g/mol. The molecule has 1 aromatic carbocycles. The zero-order valence-electron chi connectivity index (χ0n) is 11.6. The molecule has 0 saturated carbocycles. The van der Waals surface area contributed by atoms with Crippen molar-refractivity contribution in [3.63, 3.8) is 0 Å². The van der Waals surface area contributed by atoms with Crippen molar-refractivity contribution in [2.75, 3.05) is 6.54 Å². The lowest BCUT2D eigenvalue weighted by atomic mass is 10.1. The molecule has 1 aliphatic rings. The van der Waals surface area contributed by atoms with Crippen LogP contribution in [0.3, 0.4) is 0 Å². The smallest absolute Gasteiger partial charge is 0.188 e. The second-order valence-electron chi connectivity index (χ2n) is 4.55. The Bertz CT molecular complexity index is 551. The Labute approximate surface area is 132 Å². The molecule has 3 nitrogen and oxygen atoms in total. The maximum absolute atomic E-state index is 12.3. The van der Waals surface area contributed by atoms with Gasteiger partial charge >= 0.3 is 0 Å². The predicted molar refractivity (Wildman–Crippen MR) is 88.9 cm³/mol. The Balaban J connectivity index is 2.12. The molecule has 5 heteroatoms. The molecule has 1 aromatic rings. The van der Waals surface area contributed by atoms with E-state index in [0.717, 1.165) is 33.9 Å². The summed E-state index contributed by atoms with van der Waals surface area (Å²) in [5.74, 6) is 0.0198. The van der Waals surface area contributed by atoms with Gasteiger partial charge in [-0.1, -0.05) is 41.0 Å². The monoisotopic (exact) mass is 352 g/mol. The summed E-state index contributed by atoms with van der Waals surface area (Å²) in [6.45, 7) is 4.98. The fourth-order valence-corrected chi connectivity index (χ4v) is 2.94. The van der Waals surface area contributed by atoms with Crippen LogP contribution in [0, 0.1) is 0 Å². The number of rotatable bonds is 5. The first-order chi connectivity index (χ1) is 9.60. The molecule has 20 heavy (non-hydrogen) atoms. The number of thioether (sulfide) groups is 1. The third-order valence-corrected chi connectivity index (χ3v) is 4.32. The van der Waals surface area contributed by atoms with E-state index in [1.807, 2.05) is 36.2 Å². The minimum absolute atomic E-state index is 0.0198. The van der Waals surface area contributed by atoms with Gasteiger partial charge in [-0.05, 0) is 37.6 Å². The average Bonchev–Trinajstić information content (AvgIpc) is 2.77. The van der Waals surface area contributed by atoms with Gasteiger partial charge in [-0.2, -0.15) is 5.10 Å². The lowest BCUT2D eigenvalue weighted by Gasteiger charge is -2.14. The molecular formula is C15H17BrN2OS. The summed E-state index contributed by atoms with van der Waals surface area (Å²) in [5, 5.41) is 8.29. The summed E-state index contributed by atoms with van der Waals surface area (Å²) in [6, 6.07) is 7.41. The summed E-state index contributed by atoms with van der Waals surface area (Å²) < 4.78 is 0.973. The Morgan fingerprint density at radius 1 is 1.40 bits per heavy atom. The van der Waals surface area contributed by atoms with Gasteiger partial charge < -0.3 is 0 Å². The molecule has 2 rings (SSSR count). The van der Waals surface area contributed by atoms with Crippen LogP contribution in [0.2, 0.25) is 0 Å². The van der Waals surface area contributed by atoms with Gasteiger partial charge in [0.25, 0.3) is 0 Å². The van der Waals surface area contributed by atoms with Gasteiger partial charge in [-0.15, -0.1) is 0 Å². The number of unbranched alkanes of at least 4 members (excludes halogenated alkanes) is 1. The van der Waals surface area contributed by atoms with Crippen molar-refractivity contribution in [2.45, 2.75) is 26.7 Å². The Kier molecular flexibility index (Phi) is 5.43. The molecule has 1 aliphatic heterocycles. The van der Waals surface area contributed by atoms with Crippen molar-refractivity contribution < 1.29 is 4.79 Å². The summed E-state index contributed by atoms with van der Waals surface area (Å²) in [5.41, 5.74) is 0.696. The zero-order chi connectivity index (χ0) is 14.5. The summed E-state index contributed by atoms with van der Waals surface area (Å²) in [7, 11) is 0. The molecule has 0 unspecified atom stereocenters. The number of benzene rings is 1. The molecule has 0 N–H and O–H groups in total. The zero-order valence-corrected chi connectivity index (χ0v) is 14.0. The number of hydrogen-bond donors (Lipinski definition) is 0. The Hall–Kier alpha value is -1.07. The Morgan fingerprint density at radius 3 is 2.75 bits per heavy atom. The van der Waals surface area contributed by atoms with E-state index >= 15 is 0 Å². The van der Waals surface area contributed by atoms with E-state index in [-0.39, 0.29) is 5.78 Å². The van der Waals surface area contributed by atoms with Crippen LogP contribution in [-0.4, -0.2) is 22.4 Å². The van der Waals surface area contributed by atoms with E-state index in [1.54, 1.807) is 17.8 Å². The second kappa shape index (κ2) is 7.09. The highest BCUT2D eigenvalue weighted by Gasteiger charge is 2.19. The number of halogens is 1. The number of hydrazone groups is 1. The number of carbonyl (C=O) groups excluding carboxylic acids is 1. The van der Waals surface area contributed by atoms with Gasteiger partial charge in [0, 0.05) is 22.7 Å². The molecule has 106 valence electrons. The maximum atomic E-state index is 12.3. The Morgan fingerprint density at radius 2 is 2.10 bits per heavy atom. The molecule has 0 spiro atoms. The second-order valence-corrected chi connectivity index (χ2v) is 6.68. The largest absolute Gasteiger partial charge is 0.289 e. The first-order valence-electron chi connectivity index (χ1n) is 6.62. The topological polar surface area (TPSA) is 32.7 Å². The van der Waals surface area contributed by atoms with Crippen molar-refractivity contribution >= 4 is 38.5 Å². The van der Waals surface area contributed by atoms with Gasteiger partial charge in [0.1, 0.15) is 5.03 Å². The molecule has 0 aliphatic carbocycles. The van der Waals surface area contributed by atoms with Crippen LogP contribution in [-0.2, 0) is 0 Å². The quantitative estimate of drug-likeness (QED) is 0.570. The molecule has 0 bridgehead atoms. The van der Waals surface area contributed by atoms with Crippen molar-refractivity contribution in [1.82, 2.24) is 5.01 Å². The standard InChI is InChI=1S/C15H17BrN2OS/c1-3-4-9-18-15(20-11(2)17-18)10-14(19)12-5-7-13(16)8-6-12/h5-8,10H,3-4,9H2,1-2H3. The number of hydrogen-bond acceptors (Lipinski definition) is 4. The van der Waals surface area contributed by atoms with Crippen molar-refractivity contribution in [3.8, 4) is 0 Å². The third-order valence-electron chi connectivity index (χ3n) is 2.87. The van der Waals surface area contributed by atoms with Crippen molar-refractivity contribution in [1.29, 1.82) is 0 Å². The molecule has 0 aromatic heterocycles. The minimum atomic E-state index is 0.0198. The van der Waals surface area contributed by atoms with Crippen LogP contribution in [0.4, 0.5) is 0 Å². The molecule has 0 radical (unpaired) electrons. The molecule has 0 fully saturated rings. The van der Waals surface area contributed by atoms with Crippen molar-refractivity contribution in [3.05, 3.63) is 45.4 Å². The lowest BCUT2D eigenvalue weighted by molar-refractivity contribution is 0.104. The van der Waals surface area contributed by atoms with E-state index < -0.39 is 0 Å². The number of nitrogens with zero attached hydrogens (tertiary/aromatic N) is 2. The van der Waals surface area contributed by atoms with Gasteiger partial charge in [-0.25, -0.2) is 0 Å². The lowest BCUT2D eigenvalue weighted by Crippen LogP contribution is -2.14. The summed E-state index contributed by atoms with van der Waals surface area (Å²) >= 11 is 4.93. The first kappa shape index (κ1) is 15.3. The predicted octanol–water partition coefficient (Wildman–Crippen LogP) is 4.66. The van der Waals surface area contributed by atoms with E-state index in [0.29, 0.717) is 5.56 Å². The van der Waals surface area contributed by atoms with Gasteiger partial charge in [0.2, 0.25) is 0 Å². The van der Waals surface area contributed by atoms with E-state index in [1.165, 1.54) is 0 Å². The van der Waals surface area contributed by atoms with Crippen LogP contribution < -0.4 is 0 Å². The average molecular weight is 353 g/mol. The maximum Gasteiger partial charge on any atom is 0.188 e. The minimum Gasteiger partial charge on any atom is -0.289 e. The van der Waals surface area contributed by atoms with E-state index in [2.05, 4.69) is 28.0 Å². The van der Waals surface area contributed by atoms with Crippen LogP contribution in [0.25, 0.3) is 0 Å². The summed E-state index contributed by atoms with van der Waals surface area (Å²) in [6.07, 6.45) is 3.87. The molecule has 0 saturated heterocycles. The fourth-order valence-electron chi connectivity index (χ4n) is 1.83. The third kappa shape index (κ3) is 3.96. The van der Waals surface area contributed by atoms with Crippen LogP contribution in [0.1, 0.15) is 37.0 Å². The molecule has 1 heterocycles. The fraction of sp³-hybridized carbons (Fsp3) is 0.333. The highest BCUT2D eigenvalue weighted by Crippen LogP contribution is 2.30. The molecule has 0 amide bonds. The van der Waals surface area contributed by atoms with Crippen LogP contribution in [0.5, 0.6) is 0 Å². The first-order valence-corrected chi connectivity index (χ1v) is 8.23.